The number of rotatable bonds is 6. The largest absolute Gasteiger partial charge is 0.444 e. The summed E-state index contributed by atoms with van der Waals surface area (Å²) in [4.78, 5) is 16.4. The lowest BCUT2D eigenvalue weighted by Crippen LogP contribution is -2.09. The van der Waals surface area contributed by atoms with Crippen LogP contribution in [0, 0.1) is 23.4 Å². The fourth-order valence-corrected chi connectivity index (χ4v) is 3.02. The third-order valence-corrected chi connectivity index (χ3v) is 4.46. The maximum atomic E-state index is 12.0. The molecule has 0 aliphatic heterocycles. The van der Waals surface area contributed by atoms with Crippen LogP contribution in [0.1, 0.15) is 5.56 Å². The summed E-state index contributed by atoms with van der Waals surface area (Å²) >= 11 is 3.44. The van der Waals surface area contributed by atoms with Gasteiger partial charge in [-0.1, -0.05) is 22.0 Å². The first-order valence-corrected chi connectivity index (χ1v) is 9.68. The summed E-state index contributed by atoms with van der Waals surface area (Å²) in [6.45, 7) is 0.670. The Bertz CT molecular complexity index is 1180. The number of ether oxygens (including phenoxy) is 2. The van der Waals surface area contributed by atoms with E-state index in [4.69, 9.17) is 9.47 Å². The minimum absolute atomic E-state index is 0.278. The van der Waals surface area contributed by atoms with Crippen molar-refractivity contribution in [2.75, 3.05) is 31.0 Å². The molecule has 1 amide bonds. The molecule has 0 bridgehead atoms. The zero-order chi connectivity index (χ0) is 21.3. The molecule has 3 rings (SSSR count). The van der Waals surface area contributed by atoms with E-state index in [1.165, 1.54) is 6.20 Å². The fraction of sp³-hybridized carbons (Fsp3) is 0.136. The molecule has 0 fully saturated rings. The summed E-state index contributed by atoms with van der Waals surface area (Å²) in [6, 6.07) is 15.0. The summed E-state index contributed by atoms with van der Waals surface area (Å²) in [6.07, 6.45) is 3.85. The normalized spacial score (nSPS) is 9.90. The van der Waals surface area contributed by atoms with Crippen molar-refractivity contribution < 1.29 is 14.3 Å². The second kappa shape index (κ2) is 10.3. The van der Waals surface area contributed by atoms with Crippen molar-refractivity contribution in [2.45, 2.75) is 0 Å². The number of hydrogen-bond donors (Lipinski definition) is 2. The van der Waals surface area contributed by atoms with Crippen LogP contribution >= 0.6 is 15.9 Å². The van der Waals surface area contributed by atoms with E-state index in [1.54, 1.807) is 25.3 Å². The standard InChI is InChI=1S/C22H17BrN4O3/c1-29-9-10-30-8-7-21(28)26-18-5-6-20-19(12-18)22(15(13-24)14-25-20)27-17-4-2-3-16(23)11-17/h2-6,11-12,14H,9-10H2,1H3,(H,25,27)(H,26,28). The Morgan fingerprint density at radius 2 is 2.07 bits per heavy atom. The van der Waals surface area contributed by atoms with Crippen molar-refractivity contribution in [2.24, 2.45) is 0 Å². The van der Waals surface area contributed by atoms with Crippen LogP contribution in [-0.2, 0) is 14.3 Å². The van der Waals surface area contributed by atoms with Gasteiger partial charge in [0.15, 0.2) is 0 Å². The number of anilines is 3. The van der Waals surface area contributed by atoms with E-state index in [1.807, 2.05) is 24.3 Å². The predicted octanol–water partition coefficient (Wildman–Crippen LogP) is 4.17. The zero-order valence-electron chi connectivity index (χ0n) is 16.0. The van der Waals surface area contributed by atoms with Crippen LogP contribution in [0.3, 0.4) is 0 Å². The van der Waals surface area contributed by atoms with Gasteiger partial charge in [-0.3, -0.25) is 9.78 Å². The highest BCUT2D eigenvalue weighted by Gasteiger charge is 2.11. The average Bonchev–Trinajstić information content (AvgIpc) is 2.74. The van der Waals surface area contributed by atoms with Crippen molar-refractivity contribution in [3.8, 4) is 18.1 Å². The number of nitriles is 1. The van der Waals surface area contributed by atoms with Crippen LogP contribution in [0.25, 0.3) is 10.9 Å². The number of fused-ring (bicyclic) bond motifs is 1. The first kappa shape index (κ1) is 21.1. The molecule has 3 aromatic rings. The molecule has 7 nitrogen and oxygen atoms in total. The van der Waals surface area contributed by atoms with Gasteiger partial charge in [0.25, 0.3) is 0 Å². The van der Waals surface area contributed by atoms with Crippen molar-refractivity contribution in [3.63, 3.8) is 0 Å². The van der Waals surface area contributed by atoms with Gasteiger partial charge in [-0.2, -0.15) is 5.26 Å². The van der Waals surface area contributed by atoms with Gasteiger partial charge in [-0.25, -0.2) is 0 Å². The number of aromatic nitrogens is 1. The summed E-state index contributed by atoms with van der Waals surface area (Å²) in [7, 11) is 1.55. The summed E-state index contributed by atoms with van der Waals surface area (Å²) in [5, 5.41) is 16.2. The lowest BCUT2D eigenvalue weighted by atomic mass is 10.1. The molecule has 0 unspecified atom stereocenters. The highest BCUT2D eigenvalue weighted by Crippen LogP contribution is 2.31. The van der Waals surface area contributed by atoms with Crippen molar-refractivity contribution in [3.05, 3.63) is 58.7 Å². The quantitative estimate of drug-likeness (QED) is 0.419. The Balaban J connectivity index is 1.88. The Morgan fingerprint density at radius 3 is 2.83 bits per heavy atom. The lowest BCUT2D eigenvalue weighted by Gasteiger charge is -2.13. The number of pyridine rings is 1. The number of halogens is 1. The van der Waals surface area contributed by atoms with Gasteiger partial charge in [0.05, 0.1) is 23.4 Å². The minimum atomic E-state index is -0.516. The number of amides is 1. The highest BCUT2D eigenvalue weighted by atomic mass is 79.9. The number of nitrogens with one attached hydrogen (secondary N) is 2. The van der Waals surface area contributed by atoms with Gasteiger partial charge >= 0.3 is 5.91 Å². The van der Waals surface area contributed by atoms with Crippen LogP contribution in [-0.4, -0.2) is 31.2 Å². The van der Waals surface area contributed by atoms with Gasteiger partial charge in [-0.15, -0.1) is 0 Å². The molecule has 1 heterocycles. The van der Waals surface area contributed by atoms with Gasteiger partial charge < -0.3 is 20.1 Å². The lowest BCUT2D eigenvalue weighted by molar-refractivity contribution is -0.111. The predicted molar refractivity (Wildman–Crippen MR) is 118 cm³/mol. The van der Waals surface area contributed by atoms with E-state index >= 15 is 0 Å². The number of hydrogen-bond acceptors (Lipinski definition) is 6. The second-order valence-electron chi connectivity index (χ2n) is 6.05. The van der Waals surface area contributed by atoms with Gasteiger partial charge in [0.2, 0.25) is 0 Å². The van der Waals surface area contributed by atoms with Gasteiger partial charge in [0.1, 0.15) is 18.8 Å². The third kappa shape index (κ3) is 5.48. The molecule has 2 aromatic carbocycles. The zero-order valence-corrected chi connectivity index (χ0v) is 17.6. The van der Waals surface area contributed by atoms with Crippen molar-refractivity contribution in [1.29, 1.82) is 5.26 Å². The summed E-state index contributed by atoms with van der Waals surface area (Å²) in [5.41, 5.74) is 3.00. The van der Waals surface area contributed by atoms with Gasteiger partial charge in [-0.05, 0) is 36.4 Å². The number of carbonyl (C=O) groups excluding carboxylic acids is 1. The smallest absolute Gasteiger partial charge is 0.303 e. The molecule has 0 aliphatic rings. The van der Waals surface area contributed by atoms with E-state index in [0.29, 0.717) is 34.4 Å². The Morgan fingerprint density at radius 1 is 1.20 bits per heavy atom. The molecule has 150 valence electrons. The monoisotopic (exact) mass is 464 g/mol. The molecule has 0 spiro atoms. The van der Waals surface area contributed by atoms with Crippen LogP contribution in [0.15, 0.2) is 53.1 Å². The maximum Gasteiger partial charge on any atom is 0.303 e. The topological polar surface area (TPSA) is 96.3 Å². The Kier molecular flexibility index (Phi) is 7.23. The van der Waals surface area contributed by atoms with E-state index in [0.717, 1.165) is 10.2 Å². The second-order valence-corrected chi connectivity index (χ2v) is 6.96. The average molecular weight is 465 g/mol. The van der Waals surface area contributed by atoms with Gasteiger partial charge in [0, 0.05) is 40.5 Å². The maximum absolute atomic E-state index is 12.0. The van der Waals surface area contributed by atoms with Crippen molar-refractivity contribution >= 4 is 49.8 Å². The molecular weight excluding hydrogens is 448 g/mol. The third-order valence-electron chi connectivity index (χ3n) is 3.97. The number of nitrogens with zero attached hydrogens (tertiary/aromatic N) is 2. The minimum Gasteiger partial charge on any atom is -0.444 e. The summed E-state index contributed by atoms with van der Waals surface area (Å²) in [5.74, 6) is 1.84. The first-order chi connectivity index (χ1) is 14.6. The number of benzene rings is 2. The molecule has 1 aromatic heterocycles. The van der Waals surface area contributed by atoms with E-state index in [-0.39, 0.29) is 6.61 Å². The van der Waals surface area contributed by atoms with Crippen LogP contribution in [0.4, 0.5) is 17.1 Å². The summed E-state index contributed by atoms with van der Waals surface area (Å²) < 4.78 is 10.7. The molecule has 0 aliphatic carbocycles. The van der Waals surface area contributed by atoms with E-state index in [9.17, 15) is 10.1 Å². The molecule has 8 heteroatoms. The number of carbonyl (C=O) groups is 1. The molecule has 30 heavy (non-hydrogen) atoms. The fourth-order valence-electron chi connectivity index (χ4n) is 2.62. The van der Waals surface area contributed by atoms with Crippen LogP contribution in [0.2, 0.25) is 0 Å². The molecule has 0 saturated heterocycles. The Labute approximate surface area is 182 Å². The molecule has 0 saturated carbocycles. The van der Waals surface area contributed by atoms with E-state index in [2.05, 4.69) is 49.6 Å². The first-order valence-electron chi connectivity index (χ1n) is 8.89. The van der Waals surface area contributed by atoms with Crippen molar-refractivity contribution in [1.82, 2.24) is 4.98 Å². The van der Waals surface area contributed by atoms with E-state index < -0.39 is 5.91 Å². The molecular formula is C22H17BrN4O3. The number of methoxy groups -OCH3 is 1. The molecule has 2 N–H and O–H groups in total. The van der Waals surface area contributed by atoms with Crippen LogP contribution < -0.4 is 10.6 Å². The van der Waals surface area contributed by atoms with Crippen LogP contribution in [0.5, 0.6) is 0 Å². The SMILES string of the molecule is COCCOC#CC(=O)Nc1ccc2ncc(C#N)c(Nc3cccc(Br)c3)c2c1. The molecule has 0 radical (unpaired) electrons. The highest BCUT2D eigenvalue weighted by molar-refractivity contribution is 9.10. The molecule has 0 atom stereocenters. The Hall–Kier alpha value is -3.59.